The van der Waals surface area contributed by atoms with Crippen molar-refractivity contribution in [2.45, 2.75) is 19.8 Å². The summed E-state index contributed by atoms with van der Waals surface area (Å²) >= 11 is 0. The number of benzene rings is 1. The van der Waals surface area contributed by atoms with Gasteiger partial charge in [0.2, 0.25) is 0 Å². The van der Waals surface area contributed by atoms with Crippen molar-refractivity contribution in [3.63, 3.8) is 0 Å². The van der Waals surface area contributed by atoms with Crippen LogP contribution in [-0.4, -0.2) is 31.5 Å². The number of amides is 1. The molecule has 0 saturated carbocycles. The summed E-state index contributed by atoms with van der Waals surface area (Å²) in [5.41, 5.74) is 6.74. The average molecular weight is 272 g/mol. The van der Waals surface area contributed by atoms with Crippen LogP contribution in [0.3, 0.4) is 0 Å². The molecule has 3 N–H and O–H groups in total. The van der Waals surface area contributed by atoms with Crippen molar-refractivity contribution in [2.75, 3.05) is 19.7 Å². The number of hydrogen-bond acceptors (Lipinski definition) is 3. The summed E-state index contributed by atoms with van der Waals surface area (Å²) in [6, 6.07) is 5.58. The molecule has 0 aromatic heterocycles. The van der Waals surface area contributed by atoms with Gasteiger partial charge in [-0.15, -0.1) is 0 Å². The van der Waals surface area contributed by atoms with E-state index in [4.69, 9.17) is 10.5 Å². The third kappa shape index (κ3) is 5.21. The molecule has 0 aliphatic carbocycles. The van der Waals surface area contributed by atoms with Crippen LogP contribution in [0, 0.1) is 13.8 Å². The van der Waals surface area contributed by atoms with E-state index in [0.717, 1.165) is 11.1 Å². The minimum atomic E-state index is -3.09. The number of nitrogens with one attached hydrogen (secondary N) is 1. The number of rotatable bonds is 6. The van der Waals surface area contributed by atoms with Gasteiger partial charge in [-0.1, -0.05) is 12.1 Å². The highest BCUT2D eigenvalue weighted by atomic mass is 19.3. The molecule has 0 unspecified atom stereocenters. The molecule has 0 saturated heterocycles. The van der Waals surface area contributed by atoms with E-state index in [-0.39, 0.29) is 6.61 Å². The highest BCUT2D eigenvalue weighted by Gasteiger charge is 2.27. The molecule has 0 spiro atoms. The van der Waals surface area contributed by atoms with Crippen LogP contribution >= 0.6 is 0 Å². The van der Waals surface area contributed by atoms with Crippen molar-refractivity contribution in [3.05, 3.63) is 29.3 Å². The van der Waals surface area contributed by atoms with Gasteiger partial charge in [-0.2, -0.15) is 0 Å². The Hall–Kier alpha value is -1.69. The highest BCUT2D eigenvalue weighted by Crippen LogP contribution is 2.18. The topological polar surface area (TPSA) is 64.3 Å². The second-order valence-electron chi connectivity index (χ2n) is 4.39. The van der Waals surface area contributed by atoms with Gasteiger partial charge in [0.1, 0.15) is 5.75 Å². The Labute approximate surface area is 110 Å². The third-order valence-electron chi connectivity index (χ3n) is 2.55. The predicted molar refractivity (Wildman–Crippen MR) is 68.4 cm³/mol. The number of ether oxygens (including phenoxy) is 1. The van der Waals surface area contributed by atoms with Crippen LogP contribution in [0.15, 0.2) is 18.2 Å². The fourth-order valence-corrected chi connectivity index (χ4v) is 1.36. The summed E-state index contributed by atoms with van der Waals surface area (Å²) < 4.78 is 30.9. The lowest BCUT2D eigenvalue weighted by molar-refractivity contribution is -0.124. The molecule has 1 aromatic rings. The second-order valence-corrected chi connectivity index (χ2v) is 4.39. The van der Waals surface area contributed by atoms with Crippen molar-refractivity contribution in [3.8, 4) is 5.75 Å². The van der Waals surface area contributed by atoms with E-state index < -0.39 is 24.9 Å². The first-order valence-corrected chi connectivity index (χ1v) is 5.89. The molecule has 0 bridgehead atoms. The van der Waals surface area contributed by atoms with Crippen LogP contribution in [0.1, 0.15) is 11.1 Å². The van der Waals surface area contributed by atoms with Gasteiger partial charge < -0.3 is 15.8 Å². The molecular formula is C13H18F2N2O2. The van der Waals surface area contributed by atoms with E-state index in [9.17, 15) is 13.6 Å². The molecule has 0 fully saturated rings. The SMILES string of the molecule is Cc1ccc(C)c(OCC(=O)NCC(F)(F)CN)c1. The van der Waals surface area contributed by atoms with Crippen LogP contribution in [0.4, 0.5) is 8.78 Å². The zero-order valence-electron chi connectivity index (χ0n) is 11.0. The maximum Gasteiger partial charge on any atom is 0.277 e. The number of alkyl halides is 2. The van der Waals surface area contributed by atoms with Gasteiger partial charge in [0.25, 0.3) is 11.8 Å². The lowest BCUT2D eigenvalue weighted by Gasteiger charge is -2.15. The van der Waals surface area contributed by atoms with Gasteiger partial charge in [-0.05, 0) is 31.0 Å². The maximum absolute atomic E-state index is 12.8. The normalized spacial score (nSPS) is 11.2. The molecule has 0 aliphatic rings. The number of nitrogens with two attached hydrogens (primary N) is 1. The summed E-state index contributed by atoms with van der Waals surface area (Å²) in [7, 11) is 0. The summed E-state index contributed by atoms with van der Waals surface area (Å²) in [6.45, 7) is 1.86. The van der Waals surface area contributed by atoms with Gasteiger partial charge in [0, 0.05) is 0 Å². The quantitative estimate of drug-likeness (QED) is 0.822. The van der Waals surface area contributed by atoms with Crippen molar-refractivity contribution in [2.24, 2.45) is 5.73 Å². The summed E-state index contributed by atoms with van der Waals surface area (Å²) in [6.07, 6.45) is 0. The van der Waals surface area contributed by atoms with Crippen molar-refractivity contribution < 1.29 is 18.3 Å². The van der Waals surface area contributed by atoms with Crippen LogP contribution in [0.2, 0.25) is 0 Å². The number of carbonyl (C=O) groups is 1. The summed E-state index contributed by atoms with van der Waals surface area (Å²) in [5, 5.41) is 2.08. The van der Waals surface area contributed by atoms with E-state index in [0.29, 0.717) is 5.75 Å². The van der Waals surface area contributed by atoms with Gasteiger partial charge in [-0.25, -0.2) is 8.78 Å². The van der Waals surface area contributed by atoms with Crippen LogP contribution in [0.25, 0.3) is 0 Å². The first-order valence-electron chi connectivity index (χ1n) is 5.89. The molecule has 19 heavy (non-hydrogen) atoms. The molecule has 4 nitrogen and oxygen atoms in total. The molecule has 0 atom stereocenters. The number of halogens is 2. The summed E-state index contributed by atoms with van der Waals surface area (Å²) in [5.74, 6) is -3.12. The van der Waals surface area contributed by atoms with Gasteiger partial charge in [-0.3, -0.25) is 4.79 Å². The number of hydrogen-bond donors (Lipinski definition) is 2. The largest absolute Gasteiger partial charge is 0.483 e. The first kappa shape index (κ1) is 15.4. The Bertz CT molecular complexity index is 450. The predicted octanol–water partition coefficient (Wildman–Crippen LogP) is 1.39. The zero-order valence-corrected chi connectivity index (χ0v) is 11.0. The number of aryl methyl sites for hydroxylation is 2. The Morgan fingerprint density at radius 1 is 1.42 bits per heavy atom. The number of carbonyl (C=O) groups excluding carboxylic acids is 1. The molecule has 0 heterocycles. The third-order valence-corrected chi connectivity index (χ3v) is 2.55. The molecule has 0 aliphatic heterocycles. The molecule has 106 valence electrons. The lowest BCUT2D eigenvalue weighted by Crippen LogP contribution is -2.43. The van der Waals surface area contributed by atoms with Gasteiger partial charge in [0.15, 0.2) is 6.61 Å². The van der Waals surface area contributed by atoms with Crippen LogP contribution in [0.5, 0.6) is 5.75 Å². The molecular weight excluding hydrogens is 254 g/mol. The van der Waals surface area contributed by atoms with Crippen molar-refractivity contribution in [1.82, 2.24) is 5.32 Å². The fraction of sp³-hybridized carbons (Fsp3) is 0.462. The average Bonchev–Trinajstić information content (AvgIpc) is 2.37. The Morgan fingerprint density at radius 3 is 2.74 bits per heavy atom. The molecule has 0 radical (unpaired) electrons. The van der Waals surface area contributed by atoms with Gasteiger partial charge in [0.05, 0.1) is 13.1 Å². The summed E-state index contributed by atoms with van der Waals surface area (Å²) in [4.78, 5) is 11.4. The van der Waals surface area contributed by atoms with Crippen LogP contribution < -0.4 is 15.8 Å². The van der Waals surface area contributed by atoms with E-state index >= 15 is 0 Å². The molecule has 6 heteroatoms. The zero-order chi connectivity index (χ0) is 14.5. The standard InChI is InChI=1S/C13H18F2N2O2/c1-9-3-4-10(2)11(5-9)19-6-12(18)17-8-13(14,15)7-16/h3-5H,6-8,16H2,1-2H3,(H,17,18). The Kier molecular flexibility index (Phi) is 5.23. The monoisotopic (exact) mass is 272 g/mol. The lowest BCUT2D eigenvalue weighted by atomic mass is 10.1. The first-order chi connectivity index (χ1) is 8.84. The van der Waals surface area contributed by atoms with Crippen molar-refractivity contribution >= 4 is 5.91 Å². The minimum absolute atomic E-state index is 0.301. The minimum Gasteiger partial charge on any atom is -0.483 e. The Balaban J connectivity index is 2.44. The fourth-order valence-electron chi connectivity index (χ4n) is 1.36. The molecule has 1 amide bonds. The van der Waals surface area contributed by atoms with E-state index in [1.165, 1.54) is 0 Å². The smallest absolute Gasteiger partial charge is 0.277 e. The van der Waals surface area contributed by atoms with Crippen molar-refractivity contribution in [1.29, 1.82) is 0 Å². The van der Waals surface area contributed by atoms with E-state index in [1.54, 1.807) is 6.07 Å². The molecule has 1 aromatic carbocycles. The van der Waals surface area contributed by atoms with E-state index in [2.05, 4.69) is 5.32 Å². The van der Waals surface area contributed by atoms with Gasteiger partial charge >= 0.3 is 0 Å². The van der Waals surface area contributed by atoms with Crippen LogP contribution in [-0.2, 0) is 4.79 Å². The second kappa shape index (κ2) is 6.47. The molecule has 1 rings (SSSR count). The maximum atomic E-state index is 12.8. The highest BCUT2D eigenvalue weighted by molar-refractivity contribution is 5.77. The Morgan fingerprint density at radius 2 is 2.11 bits per heavy atom. The van der Waals surface area contributed by atoms with E-state index in [1.807, 2.05) is 26.0 Å².